The Hall–Kier alpha value is -1.00. The van der Waals surface area contributed by atoms with Gasteiger partial charge in [0, 0.05) is 4.90 Å². The third-order valence-corrected chi connectivity index (χ3v) is 2.63. The molecule has 1 aromatic rings. The Morgan fingerprint density at radius 1 is 1.47 bits per heavy atom. The van der Waals surface area contributed by atoms with Crippen LogP contribution in [0.15, 0.2) is 29.2 Å². The first-order valence-corrected chi connectivity index (χ1v) is 5.62. The maximum absolute atomic E-state index is 10.9. The highest BCUT2D eigenvalue weighted by Crippen LogP contribution is 2.18. The molecule has 0 fully saturated rings. The summed E-state index contributed by atoms with van der Waals surface area (Å²) in [5.74, 6) is -0.359. The summed E-state index contributed by atoms with van der Waals surface area (Å²) in [6.45, 7) is 3.40. The maximum atomic E-state index is 10.9. The smallest absolute Gasteiger partial charge is 0.335 e. The third kappa shape index (κ3) is 4.36. The molecule has 1 aromatic carbocycles. The van der Waals surface area contributed by atoms with Crippen LogP contribution in [0, 0.1) is 6.92 Å². The second-order valence-corrected chi connectivity index (χ2v) is 4.21. The summed E-state index contributed by atoms with van der Waals surface area (Å²) in [6, 6.07) is 7.93. The standard InChI is InChI=1S/C11H14O3S/c1-8-3-5-10(6-4-8)15-7-14-11(13)9(2)12/h3-6,9,12H,7H2,1-2H3. The van der Waals surface area contributed by atoms with Crippen LogP contribution in [0.3, 0.4) is 0 Å². The van der Waals surface area contributed by atoms with E-state index in [4.69, 9.17) is 9.84 Å². The summed E-state index contributed by atoms with van der Waals surface area (Å²) in [5.41, 5.74) is 1.19. The van der Waals surface area contributed by atoms with Crippen molar-refractivity contribution in [1.29, 1.82) is 0 Å². The number of hydrogen-bond donors (Lipinski definition) is 1. The van der Waals surface area contributed by atoms with Crippen LogP contribution in [-0.2, 0) is 9.53 Å². The van der Waals surface area contributed by atoms with Gasteiger partial charge in [0.25, 0.3) is 0 Å². The number of carbonyl (C=O) groups excluding carboxylic acids is 1. The Morgan fingerprint density at radius 2 is 2.07 bits per heavy atom. The molecule has 0 saturated carbocycles. The second-order valence-electron chi connectivity index (χ2n) is 3.21. The lowest BCUT2D eigenvalue weighted by Crippen LogP contribution is -2.18. The van der Waals surface area contributed by atoms with Crippen molar-refractivity contribution in [1.82, 2.24) is 0 Å². The highest BCUT2D eigenvalue weighted by atomic mass is 32.2. The fraction of sp³-hybridized carbons (Fsp3) is 0.364. The SMILES string of the molecule is Cc1ccc(SCOC(=O)C(C)O)cc1. The molecule has 0 heterocycles. The summed E-state index contributed by atoms with van der Waals surface area (Å²) >= 11 is 1.42. The number of aliphatic hydroxyl groups is 1. The van der Waals surface area contributed by atoms with Gasteiger partial charge in [-0.3, -0.25) is 0 Å². The number of rotatable bonds is 4. The van der Waals surface area contributed by atoms with E-state index in [9.17, 15) is 4.79 Å². The molecule has 0 bridgehead atoms. The van der Waals surface area contributed by atoms with Gasteiger partial charge in [0.2, 0.25) is 0 Å². The minimum Gasteiger partial charge on any atom is -0.452 e. The van der Waals surface area contributed by atoms with E-state index in [1.165, 1.54) is 24.2 Å². The number of hydrogen-bond acceptors (Lipinski definition) is 4. The summed E-state index contributed by atoms with van der Waals surface area (Å²) in [6.07, 6.45) is -1.05. The molecule has 82 valence electrons. The van der Waals surface area contributed by atoms with E-state index in [1.54, 1.807) is 0 Å². The molecule has 1 atom stereocenters. The Labute approximate surface area is 93.4 Å². The molecule has 0 amide bonds. The number of ether oxygens (including phenoxy) is 1. The lowest BCUT2D eigenvalue weighted by atomic mass is 10.2. The normalized spacial score (nSPS) is 12.2. The van der Waals surface area contributed by atoms with Crippen molar-refractivity contribution < 1.29 is 14.6 Å². The minimum absolute atomic E-state index is 0.229. The van der Waals surface area contributed by atoms with Gasteiger partial charge >= 0.3 is 5.97 Å². The lowest BCUT2D eigenvalue weighted by Gasteiger charge is -2.06. The summed E-state index contributed by atoms with van der Waals surface area (Å²) in [4.78, 5) is 11.9. The molecule has 0 radical (unpaired) electrons. The van der Waals surface area contributed by atoms with Gasteiger partial charge in [-0.25, -0.2) is 4.79 Å². The fourth-order valence-electron chi connectivity index (χ4n) is 0.911. The summed E-state index contributed by atoms with van der Waals surface area (Å²) in [7, 11) is 0. The molecule has 3 nitrogen and oxygen atoms in total. The van der Waals surface area contributed by atoms with Gasteiger partial charge in [-0.15, -0.1) is 0 Å². The highest BCUT2D eigenvalue weighted by Gasteiger charge is 2.09. The monoisotopic (exact) mass is 226 g/mol. The lowest BCUT2D eigenvalue weighted by molar-refractivity contribution is -0.150. The van der Waals surface area contributed by atoms with Crippen LogP contribution >= 0.6 is 11.8 Å². The molecule has 15 heavy (non-hydrogen) atoms. The van der Waals surface area contributed by atoms with Crippen molar-refractivity contribution in [2.45, 2.75) is 24.8 Å². The Kier molecular flexibility index (Phi) is 4.65. The van der Waals surface area contributed by atoms with Crippen molar-refractivity contribution in [2.24, 2.45) is 0 Å². The van der Waals surface area contributed by atoms with Gasteiger partial charge in [0.15, 0.2) is 0 Å². The van der Waals surface area contributed by atoms with Crippen molar-refractivity contribution in [3.63, 3.8) is 0 Å². The Bertz CT molecular complexity index is 319. The van der Waals surface area contributed by atoms with E-state index in [0.717, 1.165) is 4.90 Å². The average molecular weight is 226 g/mol. The zero-order valence-corrected chi connectivity index (χ0v) is 9.58. The topological polar surface area (TPSA) is 46.5 Å². The third-order valence-electron chi connectivity index (χ3n) is 1.79. The van der Waals surface area contributed by atoms with Gasteiger partial charge in [-0.1, -0.05) is 29.5 Å². The molecular weight excluding hydrogens is 212 g/mol. The first-order valence-electron chi connectivity index (χ1n) is 4.64. The average Bonchev–Trinajstić information content (AvgIpc) is 2.20. The van der Waals surface area contributed by atoms with E-state index >= 15 is 0 Å². The van der Waals surface area contributed by atoms with Gasteiger partial charge in [-0.2, -0.15) is 0 Å². The molecule has 1 rings (SSSR count). The second kappa shape index (κ2) is 5.78. The molecule has 0 spiro atoms. The van der Waals surface area contributed by atoms with Crippen LogP contribution in [-0.4, -0.2) is 23.1 Å². The van der Waals surface area contributed by atoms with Crippen LogP contribution in [0.4, 0.5) is 0 Å². The first-order chi connectivity index (χ1) is 7.09. The highest BCUT2D eigenvalue weighted by molar-refractivity contribution is 7.99. The number of aliphatic hydroxyl groups excluding tert-OH is 1. The molecule has 4 heteroatoms. The fourth-order valence-corrected chi connectivity index (χ4v) is 1.55. The van der Waals surface area contributed by atoms with E-state index in [-0.39, 0.29) is 5.94 Å². The number of aryl methyl sites for hydroxylation is 1. The van der Waals surface area contributed by atoms with Crippen molar-refractivity contribution in [2.75, 3.05) is 5.94 Å². The number of thioether (sulfide) groups is 1. The van der Waals surface area contributed by atoms with E-state index < -0.39 is 12.1 Å². The molecule has 0 aliphatic carbocycles. The van der Waals surface area contributed by atoms with E-state index in [1.807, 2.05) is 31.2 Å². The molecular formula is C11H14O3S. The van der Waals surface area contributed by atoms with Crippen LogP contribution in [0.25, 0.3) is 0 Å². The number of carbonyl (C=O) groups is 1. The molecule has 1 unspecified atom stereocenters. The Balaban J connectivity index is 2.32. The zero-order valence-electron chi connectivity index (χ0n) is 8.77. The van der Waals surface area contributed by atoms with Gasteiger partial charge in [-0.05, 0) is 26.0 Å². The van der Waals surface area contributed by atoms with Crippen molar-refractivity contribution in [3.05, 3.63) is 29.8 Å². The van der Waals surface area contributed by atoms with Crippen LogP contribution in [0.5, 0.6) is 0 Å². The molecule has 0 aliphatic rings. The van der Waals surface area contributed by atoms with E-state index in [2.05, 4.69) is 0 Å². The maximum Gasteiger partial charge on any atom is 0.335 e. The summed E-state index contributed by atoms with van der Waals surface area (Å²) in [5, 5.41) is 8.87. The van der Waals surface area contributed by atoms with Gasteiger partial charge < -0.3 is 9.84 Å². The van der Waals surface area contributed by atoms with Crippen molar-refractivity contribution in [3.8, 4) is 0 Å². The number of esters is 1. The van der Waals surface area contributed by atoms with Gasteiger partial charge in [0.05, 0.1) is 0 Å². The molecule has 1 N–H and O–H groups in total. The molecule has 0 saturated heterocycles. The van der Waals surface area contributed by atoms with Crippen LogP contribution in [0.2, 0.25) is 0 Å². The largest absolute Gasteiger partial charge is 0.452 e. The minimum atomic E-state index is -1.05. The van der Waals surface area contributed by atoms with Crippen LogP contribution < -0.4 is 0 Å². The molecule has 0 aliphatic heterocycles. The van der Waals surface area contributed by atoms with Crippen molar-refractivity contribution >= 4 is 17.7 Å². The predicted molar refractivity (Wildman–Crippen MR) is 59.7 cm³/mol. The van der Waals surface area contributed by atoms with Gasteiger partial charge in [0.1, 0.15) is 12.0 Å². The predicted octanol–water partition coefficient (Wildman–Crippen LogP) is 1.97. The first kappa shape index (κ1) is 12.1. The summed E-state index contributed by atoms with van der Waals surface area (Å²) < 4.78 is 4.81. The molecule has 0 aromatic heterocycles. The zero-order chi connectivity index (χ0) is 11.3. The Morgan fingerprint density at radius 3 is 2.60 bits per heavy atom. The van der Waals surface area contributed by atoms with E-state index in [0.29, 0.717) is 0 Å². The van der Waals surface area contributed by atoms with Crippen LogP contribution in [0.1, 0.15) is 12.5 Å². The quantitative estimate of drug-likeness (QED) is 0.484. The number of benzene rings is 1.